The largest absolute Gasteiger partial charge is 0.305 e. The molecule has 1 radical (unpaired) electrons. The molecule has 0 saturated heterocycles. The Morgan fingerprint density at radius 3 is 1.84 bits per heavy atom. The second kappa shape index (κ2) is 15.0. The molecule has 0 N–H and O–H groups in total. The van der Waals surface area contributed by atoms with Crippen molar-refractivity contribution in [2.75, 3.05) is 0 Å². The second-order valence-corrected chi connectivity index (χ2v) is 14.9. The number of fused-ring (bicyclic) bond motifs is 8. The Hall–Kier alpha value is -5.99. The van der Waals surface area contributed by atoms with Crippen molar-refractivity contribution in [1.82, 2.24) is 9.97 Å². The van der Waals surface area contributed by atoms with E-state index in [1.165, 1.54) is 65.2 Å². The van der Waals surface area contributed by atoms with Crippen molar-refractivity contribution in [3.63, 3.8) is 0 Å². The number of aromatic nitrogens is 2. The zero-order valence-corrected chi connectivity index (χ0v) is 33.4. The van der Waals surface area contributed by atoms with Gasteiger partial charge in [-0.05, 0) is 77.8 Å². The van der Waals surface area contributed by atoms with Gasteiger partial charge in [-0.25, -0.2) is 0 Å². The van der Waals surface area contributed by atoms with Gasteiger partial charge in [-0.3, -0.25) is 0 Å². The van der Waals surface area contributed by atoms with Crippen LogP contribution in [-0.4, -0.2) is 9.97 Å². The van der Waals surface area contributed by atoms with Crippen molar-refractivity contribution in [3.8, 4) is 33.6 Å². The van der Waals surface area contributed by atoms with Gasteiger partial charge >= 0.3 is 0 Å². The van der Waals surface area contributed by atoms with Gasteiger partial charge in [0, 0.05) is 32.5 Å². The Morgan fingerprint density at radius 1 is 0.436 bits per heavy atom. The summed E-state index contributed by atoms with van der Waals surface area (Å²) in [6.07, 6.45) is 3.81. The zero-order valence-electron chi connectivity index (χ0n) is 31.0. The number of rotatable bonds is 3. The van der Waals surface area contributed by atoms with Crippen LogP contribution >= 0.6 is 0 Å². The number of benzene rings is 8. The molecule has 10 aromatic rings. The molecule has 0 spiro atoms. The van der Waals surface area contributed by atoms with Crippen LogP contribution in [0.4, 0.5) is 0 Å². The Bertz CT molecular complexity index is 2980. The Morgan fingerprint density at radius 2 is 1.05 bits per heavy atom. The maximum absolute atomic E-state index is 4.78. The molecule has 0 unspecified atom stereocenters. The molecule has 8 aromatic carbocycles. The van der Waals surface area contributed by atoms with Gasteiger partial charge in [0.05, 0.1) is 0 Å². The number of hydrogen-bond acceptors (Lipinski definition) is 2. The van der Waals surface area contributed by atoms with E-state index in [9.17, 15) is 0 Å². The van der Waals surface area contributed by atoms with Crippen LogP contribution in [0.5, 0.6) is 0 Å². The van der Waals surface area contributed by atoms with Crippen molar-refractivity contribution < 1.29 is 20.1 Å². The van der Waals surface area contributed by atoms with Crippen LogP contribution in [-0.2, 0) is 25.5 Å². The van der Waals surface area contributed by atoms with E-state index >= 15 is 0 Å². The number of pyridine rings is 2. The Kier molecular flexibility index (Phi) is 9.84. The maximum atomic E-state index is 4.78. The number of nitrogens with zero attached hydrogens (tertiary/aromatic N) is 2. The molecule has 2 heterocycles. The van der Waals surface area contributed by atoms with Gasteiger partial charge in [-0.1, -0.05) is 153 Å². The summed E-state index contributed by atoms with van der Waals surface area (Å²) in [6, 6.07) is 64.5. The third kappa shape index (κ3) is 7.06. The van der Waals surface area contributed by atoms with Gasteiger partial charge in [0.2, 0.25) is 0 Å². The minimum absolute atomic E-state index is 0. The first-order valence-electron chi connectivity index (χ1n) is 18.5. The molecule has 0 aliphatic heterocycles. The van der Waals surface area contributed by atoms with E-state index in [1.54, 1.807) is 0 Å². The average Bonchev–Trinajstić information content (AvgIpc) is 3.23. The van der Waals surface area contributed by atoms with Crippen molar-refractivity contribution in [3.05, 3.63) is 194 Å². The first-order valence-corrected chi connectivity index (χ1v) is 18.5. The van der Waals surface area contributed by atoms with Crippen molar-refractivity contribution >= 4 is 53.9 Å². The fourth-order valence-electron chi connectivity index (χ4n) is 7.52. The van der Waals surface area contributed by atoms with E-state index < -0.39 is 0 Å². The van der Waals surface area contributed by atoms with Crippen molar-refractivity contribution in [2.45, 2.75) is 26.2 Å². The van der Waals surface area contributed by atoms with Crippen LogP contribution in [0.15, 0.2) is 176 Å². The third-order valence-electron chi connectivity index (χ3n) is 10.4. The average molecular weight is 883 g/mol. The molecular formula is C52H38IrN2-2. The van der Waals surface area contributed by atoms with Gasteiger partial charge in [0.15, 0.2) is 0 Å². The summed E-state index contributed by atoms with van der Waals surface area (Å²) in [5, 5.41) is 12.4. The molecule has 2 aromatic heterocycles. The molecule has 0 aliphatic carbocycles. The standard InChI is InChI=1S/C31H18N.C21H20N.Ir/c1-3-7-24-20(5-1)9-10-22-19-23(12-13-26(22)24)31-30-16-15-27-25-8-4-2-6-21(25)11-14-28(27)29(30)17-18-32-31;1-21(2,3)19-12-13-22-20(15-19)18-11-7-10-17(14-18)16-8-5-4-6-9-16;/h1-11,13-19H;4-10,12-15H,1-3H3;/q2*-1;. The van der Waals surface area contributed by atoms with Crippen LogP contribution < -0.4 is 0 Å². The molecule has 0 bridgehead atoms. The minimum Gasteiger partial charge on any atom is -0.305 e. The molecule has 0 saturated carbocycles. The van der Waals surface area contributed by atoms with E-state index in [1.807, 2.05) is 24.5 Å². The molecule has 55 heavy (non-hydrogen) atoms. The third-order valence-corrected chi connectivity index (χ3v) is 10.4. The predicted molar refractivity (Wildman–Crippen MR) is 229 cm³/mol. The minimum atomic E-state index is 0. The quantitative estimate of drug-likeness (QED) is 0.130. The summed E-state index contributed by atoms with van der Waals surface area (Å²) in [6.45, 7) is 6.66. The molecular weight excluding hydrogens is 845 g/mol. The summed E-state index contributed by atoms with van der Waals surface area (Å²) in [7, 11) is 0. The monoisotopic (exact) mass is 883 g/mol. The maximum Gasteiger partial charge on any atom is 0.0167 e. The van der Waals surface area contributed by atoms with Gasteiger partial charge < -0.3 is 9.97 Å². The molecule has 2 nitrogen and oxygen atoms in total. The fourth-order valence-corrected chi connectivity index (χ4v) is 7.52. The van der Waals surface area contributed by atoms with Gasteiger partial charge in [-0.15, -0.1) is 64.5 Å². The van der Waals surface area contributed by atoms with Crippen LogP contribution in [0, 0.1) is 12.1 Å². The van der Waals surface area contributed by atoms with Gasteiger partial charge in [-0.2, -0.15) is 0 Å². The van der Waals surface area contributed by atoms with Crippen LogP contribution in [0.25, 0.3) is 87.5 Å². The van der Waals surface area contributed by atoms with E-state index in [-0.39, 0.29) is 25.5 Å². The van der Waals surface area contributed by atoms with Crippen molar-refractivity contribution in [1.29, 1.82) is 0 Å². The van der Waals surface area contributed by atoms with Crippen LogP contribution in [0.2, 0.25) is 0 Å². The fraction of sp³-hybridized carbons (Fsp3) is 0.0769. The molecule has 267 valence electrons. The predicted octanol–water partition coefficient (Wildman–Crippen LogP) is 13.8. The summed E-state index contributed by atoms with van der Waals surface area (Å²) >= 11 is 0. The molecule has 0 fully saturated rings. The smallest absolute Gasteiger partial charge is 0.0167 e. The van der Waals surface area contributed by atoms with E-state index in [2.05, 4.69) is 190 Å². The number of hydrogen-bond donors (Lipinski definition) is 0. The summed E-state index contributed by atoms with van der Waals surface area (Å²) < 4.78 is 0. The van der Waals surface area contributed by atoms with Crippen molar-refractivity contribution in [2.24, 2.45) is 0 Å². The Labute approximate surface area is 335 Å². The molecule has 0 atom stereocenters. The second-order valence-electron chi connectivity index (χ2n) is 14.9. The van der Waals surface area contributed by atoms with E-state index in [0.717, 1.165) is 27.9 Å². The summed E-state index contributed by atoms with van der Waals surface area (Å²) in [4.78, 5) is 9.31. The molecule has 10 rings (SSSR count). The SMILES string of the molecule is CC(C)(C)c1ccnc(-c2[c-]ccc(-c3ccccc3)c2)c1.[Ir].[c-]1cc2c(ccc3ccccc32)cc1-c1nccc2c1ccc1c3ccccc3ccc21. The zero-order chi connectivity index (χ0) is 36.6. The molecule has 0 amide bonds. The normalized spacial score (nSPS) is 11.4. The van der Waals surface area contributed by atoms with E-state index in [0.29, 0.717) is 0 Å². The van der Waals surface area contributed by atoms with Gasteiger partial charge in [0.25, 0.3) is 0 Å². The first-order chi connectivity index (χ1) is 26.4. The summed E-state index contributed by atoms with van der Waals surface area (Å²) in [5.74, 6) is 0. The topological polar surface area (TPSA) is 25.8 Å². The van der Waals surface area contributed by atoms with E-state index in [4.69, 9.17) is 4.98 Å². The Balaban J connectivity index is 0.000000164. The van der Waals surface area contributed by atoms with Crippen LogP contribution in [0.1, 0.15) is 26.3 Å². The van der Waals surface area contributed by atoms with Crippen LogP contribution in [0.3, 0.4) is 0 Å². The van der Waals surface area contributed by atoms with Gasteiger partial charge in [0.1, 0.15) is 0 Å². The first kappa shape index (κ1) is 36.0. The molecule has 3 heteroatoms. The summed E-state index contributed by atoms with van der Waals surface area (Å²) in [5.41, 5.74) is 7.83. The molecule has 0 aliphatic rings.